The molecule has 10 heteroatoms. The molecular formula is C21H17F4N3O3. The first kappa shape index (κ1) is 21.1. The third kappa shape index (κ3) is 3.71. The Morgan fingerprint density at radius 3 is 2.74 bits per heavy atom. The minimum absolute atomic E-state index is 0.0361. The Kier molecular flexibility index (Phi) is 5.12. The molecule has 1 unspecified atom stereocenters. The van der Waals surface area contributed by atoms with Crippen LogP contribution in [0.15, 0.2) is 36.8 Å². The maximum Gasteiger partial charge on any atom is 0.416 e. The molecule has 0 saturated carbocycles. The Morgan fingerprint density at radius 1 is 1.29 bits per heavy atom. The lowest BCUT2D eigenvalue weighted by Gasteiger charge is -2.36. The summed E-state index contributed by atoms with van der Waals surface area (Å²) in [5, 5.41) is 4.09. The van der Waals surface area contributed by atoms with Crippen LogP contribution in [0.3, 0.4) is 0 Å². The van der Waals surface area contributed by atoms with Crippen molar-refractivity contribution in [2.75, 3.05) is 13.2 Å². The van der Waals surface area contributed by atoms with Crippen molar-refractivity contribution in [1.29, 1.82) is 0 Å². The Hall–Kier alpha value is -3.14. The number of fused-ring (bicyclic) bond motifs is 1. The summed E-state index contributed by atoms with van der Waals surface area (Å²) in [7, 11) is 0. The number of hydrogen-bond acceptors (Lipinski definition) is 5. The molecule has 1 fully saturated rings. The van der Waals surface area contributed by atoms with Crippen molar-refractivity contribution in [3.8, 4) is 0 Å². The van der Waals surface area contributed by atoms with Crippen molar-refractivity contribution in [1.82, 2.24) is 14.6 Å². The van der Waals surface area contributed by atoms with Gasteiger partial charge in [0.1, 0.15) is 12.4 Å². The number of rotatable bonds is 4. The molecule has 1 saturated heterocycles. The van der Waals surface area contributed by atoms with Crippen LogP contribution >= 0.6 is 0 Å². The molecule has 3 aromatic rings. The molecule has 1 aliphatic rings. The predicted octanol–water partition coefficient (Wildman–Crippen LogP) is 3.70. The third-order valence-electron chi connectivity index (χ3n) is 5.50. The van der Waals surface area contributed by atoms with Crippen molar-refractivity contribution in [2.45, 2.75) is 31.4 Å². The highest BCUT2D eigenvalue weighted by atomic mass is 19.4. The van der Waals surface area contributed by atoms with Crippen LogP contribution in [0.2, 0.25) is 0 Å². The summed E-state index contributed by atoms with van der Waals surface area (Å²) in [6, 6.07) is 2.00. The number of alkyl halides is 3. The molecule has 0 bridgehead atoms. The molecule has 162 valence electrons. The maximum atomic E-state index is 14.8. The molecule has 0 aliphatic carbocycles. The van der Waals surface area contributed by atoms with Gasteiger partial charge in [0.25, 0.3) is 0 Å². The summed E-state index contributed by atoms with van der Waals surface area (Å²) >= 11 is 0. The summed E-state index contributed by atoms with van der Waals surface area (Å²) in [6.45, 7) is 1.50. The van der Waals surface area contributed by atoms with Gasteiger partial charge in [-0.3, -0.25) is 9.59 Å². The van der Waals surface area contributed by atoms with E-state index in [2.05, 4.69) is 10.1 Å². The molecule has 6 nitrogen and oxygen atoms in total. The van der Waals surface area contributed by atoms with Gasteiger partial charge in [0, 0.05) is 31.0 Å². The zero-order valence-corrected chi connectivity index (χ0v) is 16.4. The molecule has 4 rings (SSSR count). The van der Waals surface area contributed by atoms with E-state index in [0.717, 1.165) is 11.6 Å². The van der Waals surface area contributed by atoms with Crippen LogP contribution in [0.25, 0.3) is 5.65 Å². The summed E-state index contributed by atoms with van der Waals surface area (Å²) in [4.78, 5) is 30.2. The molecular weight excluding hydrogens is 418 g/mol. The van der Waals surface area contributed by atoms with Crippen molar-refractivity contribution >= 4 is 17.2 Å². The van der Waals surface area contributed by atoms with Crippen LogP contribution in [0.5, 0.6) is 0 Å². The van der Waals surface area contributed by atoms with Crippen LogP contribution in [0.1, 0.15) is 39.9 Å². The topological polar surface area (TPSA) is 73.6 Å². The van der Waals surface area contributed by atoms with Crippen molar-refractivity contribution in [2.24, 2.45) is 0 Å². The van der Waals surface area contributed by atoms with E-state index >= 15 is 0 Å². The predicted molar refractivity (Wildman–Crippen MR) is 100 cm³/mol. The normalized spacial score (nSPS) is 19.7. The molecule has 0 spiro atoms. The fourth-order valence-corrected chi connectivity index (χ4v) is 3.87. The van der Waals surface area contributed by atoms with Gasteiger partial charge in [-0.25, -0.2) is 13.9 Å². The minimum atomic E-state index is -4.73. The Bertz CT molecular complexity index is 1190. The number of benzene rings is 1. The van der Waals surface area contributed by atoms with Crippen molar-refractivity contribution in [3.05, 3.63) is 64.9 Å². The van der Waals surface area contributed by atoms with Crippen LogP contribution in [0, 0.1) is 12.7 Å². The lowest BCUT2D eigenvalue weighted by Crippen LogP contribution is -2.45. The number of nitrogens with zero attached hydrogens (tertiary/aromatic N) is 3. The Balaban J connectivity index is 1.77. The number of carbonyl (C=O) groups excluding carboxylic acids is 2. The maximum absolute atomic E-state index is 14.8. The van der Waals surface area contributed by atoms with Gasteiger partial charge < -0.3 is 4.74 Å². The van der Waals surface area contributed by atoms with Crippen LogP contribution < -0.4 is 0 Å². The smallest absolute Gasteiger partial charge is 0.374 e. The molecule has 31 heavy (non-hydrogen) atoms. The lowest BCUT2D eigenvalue weighted by atomic mass is 9.69. The van der Waals surface area contributed by atoms with Gasteiger partial charge in [0.15, 0.2) is 17.2 Å². The standard InChI is InChI=1S/C21H17F4N3O3/c1-12-8-26-19-14(9-27-28(19)10-12)17(29)7-20(4-5-31-11-18(20)30)15-3-2-13(6-16(15)22)21(23,24)25/h2-3,6,8-10H,4-5,7,11H2,1H3. The van der Waals surface area contributed by atoms with Gasteiger partial charge in [-0.05, 0) is 31.0 Å². The average Bonchev–Trinajstić information content (AvgIpc) is 3.12. The monoisotopic (exact) mass is 435 g/mol. The molecule has 2 aromatic heterocycles. The van der Waals surface area contributed by atoms with Gasteiger partial charge in [0.05, 0.1) is 22.7 Å². The second-order valence-corrected chi connectivity index (χ2v) is 7.56. The molecule has 0 N–H and O–H groups in total. The summed E-state index contributed by atoms with van der Waals surface area (Å²) in [5.74, 6) is -2.27. The summed E-state index contributed by atoms with van der Waals surface area (Å²) in [5.41, 5.74) is -1.82. The van der Waals surface area contributed by atoms with Gasteiger partial charge in [0.2, 0.25) is 0 Å². The van der Waals surface area contributed by atoms with Crippen molar-refractivity contribution < 1.29 is 31.9 Å². The molecule has 0 radical (unpaired) electrons. The molecule has 1 aromatic carbocycles. The number of ketones is 2. The number of aromatic nitrogens is 3. The first-order valence-corrected chi connectivity index (χ1v) is 9.43. The lowest BCUT2D eigenvalue weighted by molar-refractivity contribution is -0.137. The number of aryl methyl sites for hydroxylation is 1. The number of carbonyl (C=O) groups is 2. The number of halogens is 4. The second-order valence-electron chi connectivity index (χ2n) is 7.56. The largest absolute Gasteiger partial charge is 0.416 e. The fraction of sp³-hybridized carbons (Fsp3) is 0.333. The van der Waals surface area contributed by atoms with E-state index < -0.39 is 41.0 Å². The van der Waals surface area contributed by atoms with Crippen molar-refractivity contribution in [3.63, 3.8) is 0 Å². The van der Waals surface area contributed by atoms with Gasteiger partial charge >= 0.3 is 6.18 Å². The highest BCUT2D eigenvalue weighted by Crippen LogP contribution is 2.40. The van der Waals surface area contributed by atoms with Gasteiger partial charge in [-0.15, -0.1) is 0 Å². The van der Waals surface area contributed by atoms with E-state index in [9.17, 15) is 27.2 Å². The highest BCUT2D eigenvalue weighted by Gasteiger charge is 2.46. The van der Waals surface area contributed by atoms with Crippen LogP contribution in [0.4, 0.5) is 17.6 Å². The van der Waals surface area contributed by atoms with E-state index in [1.165, 1.54) is 10.7 Å². The number of hydrogen-bond donors (Lipinski definition) is 0. The third-order valence-corrected chi connectivity index (χ3v) is 5.50. The molecule has 1 atom stereocenters. The second kappa shape index (κ2) is 7.52. The summed E-state index contributed by atoms with van der Waals surface area (Å²) in [6.07, 6.45) is -0.670. The molecule has 1 aliphatic heterocycles. The van der Waals surface area contributed by atoms with E-state index in [-0.39, 0.29) is 36.4 Å². The first-order chi connectivity index (χ1) is 14.6. The molecule has 0 amide bonds. The Labute approximate surface area is 173 Å². The zero-order chi connectivity index (χ0) is 22.4. The average molecular weight is 435 g/mol. The number of Topliss-reactive ketones (excluding diaryl/α,β-unsaturated/α-hetero) is 2. The summed E-state index contributed by atoms with van der Waals surface area (Å²) < 4.78 is 60.3. The van der Waals surface area contributed by atoms with Crippen LogP contribution in [-0.2, 0) is 21.1 Å². The van der Waals surface area contributed by atoms with E-state index in [1.54, 1.807) is 19.3 Å². The number of ether oxygens (including phenoxy) is 1. The zero-order valence-electron chi connectivity index (χ0n) is 16.4. The van der Waals surface area contributed by atoms with E-state index in [4.69, 9.17) is 4.74 Å². The van der Waals surface area contributed by atoms with Gasteiger partial charge in [-0.2, -0.15) is 18.3 Å². The SMILES string of the molecule is Cc1cnc2c(C(=O)CC3(c4ccc(C(F)(F)F)cc4F)CCOCC3=O)cnn2c1. The van der Waals surface area contributed by atoms with E-state index in [0.29, 0.717) is 12.1 Å². The Morgan fingerprint density at radius 2 is 2.06 bits per heavy atom. The first-order valence-electron chi connectivity index (χ1n) is 9.43. The molecule has 3 heterocycles. The fourth-order valence-electron chi connectivity index (χ4n) is 3.87. The quantitative estimate of drug-likeness (QED) is 0.462. The van der Waals surface area contributed by atoms with E-state index in [1.807, 2.05) is 0 Å². The highest BCUT2D eigenvalue weighted by molar-refractivity contribution is 6.06. The van der Waals surface area contributed by atoms with Gasteiger partial charge in [-0.1, -0.05) is 6.07 Å². The van der Waals surface area contributed by atoms with Crippen LogP contribution in [-0.4, -0.2) is 39.4 Å². The minimum Gasteiger partial charge on any atom is -0.374 e.